The minimum atomic E-state index is -0.499. The van der Waals surface area contributed by atoms with E-state index in [-0.39, 0.29) is 18.1 Å². The zero-order chi connectivity index (χ0) is 13.3. The molecule has 1 amide bonds. The van der Waals surface area contributed by atoms with E-state index in [4.69, 9.17) is 0 Å². The highest BCUT2D eigenvalue weighted by Gasteiger charge is 2.43. The first-order valence-corrected chi connectivity index (χ1v) is 6.17. The minimum absolute atomic E-state index is 0.0271. The van der Waals surface area contributed by atoms with Crippen molar-refractivity contribution in [3.63, 3.8) is 0 Å². The van der Waals surface area contributed by atoms with E-state index in [9.17, 15) is 9.90 Å². The van der Waals surface area contributed by atoms with Gasteiger partial charge < -0.3 is 14.9 Å². The van der Waals surface area contributed by atoms with E-state index in [1.54, 1.807) is 11.9 Å². The van der Waals surface area contributed by atoms with Gasteiger partial charge in [-0.25, -0.2) is 0 Å². The van der Waals surface area contributed by atoms with Crippen molar-refractivity contribution in [1.29, 1.82) is 0 Å². The third-order valence-corrected chi connectivity index (χ3v) is 3.46. The molecular formula is C14H20N2O2. The maximum Gasteiger partial charge on any atom is 0.247 e. The molecule has 1 atom stereocenters. The van der Waals surface area contributed by atoms with Crippen molar-refractivity contribution in [3.8, 4) is 0 Å². The van der Waals surface area contributed by atoms with Crippen LogP contribution in [0.1, 0.15) is 13.8 Å². The van der Waals surface area contributed by atoms with E-state index in [0.717, 1.165) is 5.69 Å². The van der Waals surface area contributed by atoms with Crippen molar-refractivity contribution < 1.29 is 9.90 Å². The maximum absolute atomic E-state index is 12.2. The van der Waals surface area contributed by atoms with Crippen LogP contribution in [0.25, 0.3) is 0 Å². The molecule has 0 spiro atoms. The molecular weight excluding hydrogens is 228 g/mol. The van der Waals surface area contributed by atoms with Crippen LogP contribution in [0.2, 0.25) is 0 Å². The normalized spacial score (nSPS) is 23.3. The first-order chi connectivity index (χ1) is 8.47. The van der Waals surface area contributed by atoms with Crippen molar-refractivity contribution in [3.05, 3.63) is 30.3 Å². The van der Waals surface area contributed by atoms with E-state index in [1.807, 2.05) is 35.2 Å². The molecule has 0 radical (unpaired) electrons. The van der Waals surface area contributed by atoms with Gasteiger partial charge in [0.05, 0.1) is 12.1 Å². The van der Waals surface area contributed by atoms with Gasteiger partial charge in [0.2, 0.25) is 5.91 Å². The molecule has 4 heteroatoms. The number of carbonyl (C=O) groups excluding carboxylic acids is 1. The fraction of sp³-hybridized carbons (Fsp3) is 0.500. The van der Waals surface area contributed by atoms with Gasteiger partial charge in [0.15, 0.2) is 0 Å². The lowest BCUT2D eigenvalue weighted by molar-refractivity contribution is -0.136. The second-order valence-corrected chi connectivity index (χ2v) is 5.41. The Bertz CT molecular complexity index is 431. The lowest BCUT2D eigenvalue weighted by atomic mass is 9.93. The Morgan fingerprint density at radius 1 is 1.33 bits per heavy atom. The number of benzene rings is 1. The Hall–Kier alpha value is -1.55. The summed E-state index contributed by atoms with van der Waals surface area (Å²) in [5.41, 5.74) is 0.778. The highest BCUT2D eigenvalue weighted by Crippen LogP contribution is 2.31. The van der Waals surface area contributed by atoms with Crippen LogP contribution in [0.3, 0.4) is 0 Å². The van der Waals surface area contributed by atoms with Crippen LogP contribution in [0, 0.1) is 0 Å². The number of amides is 1. The van der Waals surface area contributed by atoms with Crippen molar-refractivity contribution in [2.24, 2.45) is 0 Å². The van der Waals surface area contributed by atoms with Crippen LogP contribution in [0.4, 0.5) is 5.69 Å². The zero-order valence-electron chi connectivity index (χ0n) is 11.1. The minimum Gasteiger partial charge on any atom is -0.394 e. The second kappa shape index (κ2) is 4.61. The molecule has 1 N–H and O–H groups in total. The largest absolute Gasteiger partial charge is 0.394 e. The number of aliphatic hydroxyl groups excluding tert-OH is 1. The van der Waals surface area contributed by atoms with Crippen LogP contribution in [0.5, 0.6) is 0 Å². The Balaban J connectivity index is 2.43. The highest BCUT2D eigenvalue weighted by molar-refractivity contribution is 5.87. The summed E-state index contributed by atoms with van der Waals surface area (Å²) in [7, 11) is 1.79. The summed E-state index contributed by atoms with van der Waals surface area (Å²) in [5.74, 6) is -0.0271. The smallest absolute Gasteiger partial charge is 0.247 e. The molecule has 1 unspecified atom stereocenters. The Labute approximate surface area is 108 Å². The molecule has 0 bridgehead atoms. The number of aliphatic hydroxyl groups is 1. The van der Waals surface area contributed by atoms with Gasteiger partial charge in [0, 0.05) is 19.3 Å². The fourth-order valence-electron chi connectivity index (χ4n) is 2.80. The molecule has 98 valence electrons. The molecule has 1 aliphatic heterocycles. The maximum atomic E-state index is 12.2. The van der Waals surface area contributed by atoms with Crippen molar-refractivity contribution in [1.82, 2.24) is 4.90 Å². The van der Waals surface area contributed by atoms with Crippen molar-refractivity contribution in [2.45, 2.75) is 25.4 Å². The Kier molecular flexibility index (Phi) is 3.30. The monoisotopic (exact) mass is 248 g/mol. The van der Waals surface area contributed by atoms with E-state index in [0.29, 0.717) is 6.54 Å². The van der Waals surface area contributed by atoms with Gasteiger partial charge in [-0.05, 0) is 26.0 Å². The summed E-state index contributed by atoms with van der Waals surface area (Å²) in [4.78, 5) is 15.9. The summed E-state index contributed by atoms with van der Waals surface area (Å²) in [6.45, 7) is 4.66. The van der Waals surface area contributed by atoms with Crippen LogP contribution in [0.15, 0.2) is 30.3 Å². The van der Waals surface area contributed by atoms with Gasteiger partial charge in [-0.2, -0.15) is 0 Å². The number of hydrogen-bond donors (Lipinski definition) is 1. The number of para-hydroxylation sites is 1. The Morgan fingerprint density at radius 2 is 1.94 bits per heavy atom. The van der Waals surface area contributed by atoms with Crippen LogP contribution in [-0.2, 0) is 4.79 Å². The second-order valence-electron chi connectivity index (χ2n) is 5.41. The van der Waals surface area contributed by atoms with Crippen molar-refractivity contribution >= 4 is 11.6 Å². The molecule has 1 aliphatic rings. The lowest BCUT2D eigenvalue weighted by Crippen LogP contribution is -2.67. The van der Waals surface area contributed by atoms with Crippen LogP contribution in [-0.4, -0.2) is 47.7 Å². The van der Waals surface area contributed by atoms with Gasteiger partial charge >= 0.3 is 0 Å². The van der Waals surface area contributed by atoms with E-state index >= 15 is 0 Å². The standard InChI is InChI=1S/C14H20N2O2/c1-14(2)10-15(3)13(18)12(9-17)16(14)11-7-5-4-6-8-11/h4-8,12,17H,9-10H2,1-3H3. The fourth-order valence-corrected chi connectivity index (χ4v) is 2.80. The summed E-state index contributed by atoms with van der Waals surface area (Å²) >= 11 is 0. The van der Waals surface area contributed by atoms with Gasteiger partial charge in [-0.3, -0.25) is 4.79 Å². The Morgan fingerprint density at radius 3 is 2.50 bits per heavy atom. The molecule has 1 saturated heterocycles. The van der Waals surface area contributed by atoms with Gasteiger partial charge in [-0.15, -0.1) is 0 Å². The topological polar surface area (TPSA) is 43.8 Å². The quantitative estimate of drug-likeness (QED) is 0.852. The number of anilines is 1. The SMILES string of the molecule is CN1CC(C)(C)N(c2ccccc2)C(CO)C1=O. The number of carbonyl (C=O) groups is 1. The van der Waals surface area contributed by atoms with Crippen LogP contribution >= 0.6 is 0 Å². The summed E-state index contributed by atoms with van der Waals surface area (Å²) in [6.07, 6.45) is 0. The molecule has 1 aromatic rings. The zero-order valence-corrected chi connectivity index (χ0v) is 11.1. The van der Waals surface area contributed by atoms with Crippen LogP contribution < -0.4 is 4.90 Å². The first kappa shape index (κ1) is 12.9. The van der Waals surface area contributed by atoms with E-state index in [2.05, 4.69) is 13.8 Å². The molecule has 18 heavy (non-hydrogen) atoms. The predicted octanol–water partition coefficient (Wildman–Crippen LogP) is 1.10. The van der Waals surface area contributed by atoms with Crippen molar-refractivity contribution in [2.75, 3.05) is 25.1 Å². The van der Waals surface area contributed by atoms with E-state index < -0.39 is 6.04 Å². The third-order valence-electron chi connectivity index (χ3n) is 3.46. The van der Waals surface area contributed by atoms with E-state index in [1.165, 1.54) is 0 Å². The summed E-state index contributed by atoms with van der Waals surface area (Å²) < 4.78 is 0. The molecule has 2 rings (SSSR count). The molecule has 0 aromatic heterocycles. The molecule has 0 aliphatic carbocycles. The summed E-state index contributed by atoms with van der Waals surface area (Å²) in [6, 6.07) is 9.29. The average Bonchev–Trinajstić information content (AvgIpc) is 2.33. The van der Waals surface area contributed by atoms with Gasteiger partial charge in [-0.1, -0.05) is 18.2 Å². The molecule has 4 nitrogen and oxygen atoms in total. The number of nitrogens with zero attached hydrogens (tertiary/aromatic N) is 2. The van der Waals surface area contributed by atoms with Gasteiger partial charge in [0.25, 0.3) is 0 Å². The third kappa shape index (κ3) is 2.08. The van der Waals surface area contributed by atoms with Gasteiger partial charge in [0.1, 0.15) is 6.04 Å². The number of rotatable bonds is 2. The molecule has 1 heterocycles. The molecule has 1 aromatic carbocycles. The number of likely N-dealkylation sites (N-methyl/N-ethyl adjacent to an activating group) is 1. The first-order valence-electron chi connectivity index (χ1n) is 6.17. The average molecular weight is 248 g/mol. The summed E-state index contributed by atoms with van der Waals surface area (Å²) in [5, 5.41) is 9.55. The molecule has 1 fully saturated rings. The lowest BCUT2D eigenvalue weighted by Gasteiger charge is -2.51. The highest BCUT2D eigenvalue weighted by atomic mass is 16.3. The number of hydrogen-bond acceptors (Lipinski definition) is 3. The molecule has 0 saturated carbocycles. The predicted molar refractivity (Wildman–Crippen MR) is 71.5 cm³/mol. The number of piperazine rings is 1.